The van der Waals surface area contributed by atoms with Crippen LogP contribution in [0.2, 0.25) is 0 Å². The molecule has 1 rings (SSSR count). The molecule has 0 spiro atoms. The van der Waals surface area contributed by atoms with Gasteiger partial charge >= 0.3 is 0 Å². The van der Waals surface area contributed by atoms with E-state index in [4.69, 9.17) is 0 Å². The molecule has 0 aliphatic rings. The molecule has 0 radical (unpaired) electrons. The maximum Gasteiger partial charge on any atom is 0.0448 e. The number of benzene rings is 1. The van der Waals surface area contributed by atoms with E-state index in [0.29, 0.717) is 12.1 Å². The van der Waals surface area contributed by atoms with Crippen LogP contribution >= 0.6 is 0 Å². The molecule has 0 aliphatic carbocycles. The van der Waals surface area contributed by atoms with E-state index in [2.05, 4.69) is 54.8 Å². The Balaban J connectivity index is 2.67. The fraction of sp³-hybridized carbons (Fsp3) is 0.500. The van der Waals surface area contributed by atoms with Crippen LogP contribution in [0.1, 0.15) is 25.5 Å². The monoisotopic (exact) mass is 192 g/mol. The normalized spacial score (nSPS) is 13.1. The molecule has 0 aromatic heterocycles. The van der Waals surface area contributed by atoms with Crippen LogP contribution in [0.25, 0.3) is 0 Å². The van der Waals surface area contributed by atoms with Crippen molar-refractivity contribution in [3.63, 3.8) is 0 Å². The van der Waals surface area contributed by atoms with Gasteiger partial charge < -0.3 is 10.6 Å². The van der Waals surface area contributed by atoms with Gasteiger partial charge in [-0.25, -0.2) is 0 Å². The molecule has 2 heteroatoms. The van der Waals surface area contributed by atoms with Crippen molar-refractivity contribution in [1.82, 2.24) is 10.6 Å². The first kappa shape index (κ1) is 11.2. The summed E-state index contributed by atoms with van der Waals surface area (Å²) in [5.74, 6) is 0. The van der Waals surface area contributed by atoms with Crippen molar-refractivity contribution in [3.8, 4) is 0 Å². The lowest BCUT2D eigenvalue weighted by atomic mass is 10.1. The van der Waals surface area contributed by atoms with Gasteiger partial charge in [-0.3, -0.25) is 0 Å². The zero-order valence-electron chi connectivity index (χ0n) is 9.25. The fourth-order valence-electron chi connectivity index (χ4n) is 1.56. The van der Waals surface area contributed by atoms with Gasteiger partial charge in [-0.05, 0) is 12.6 Å². The Kier molecular flexibility index (Phi) is 4.63. The van der Waals surface area contributed by atoms with E-state index in [0.717, 1.165) is 6.54 Å². The maximum absolute atomic E-state index is 3.53. The Morgan fingerprint density at radius 1 is 1.14 bits per heavy atom. The number of rotatable bonds is 5. The lowest BCUT2D eigenvalue weighted by Gasteiger charge is -2.21. The van der Waals surface area contributed by atoms with E-state index in [1.165, 1.54) is 5.56 Å². The lowest BCUT2D eigenvalue weighted by molar-refractivity contribution is 0.461. The van der Waals surface area contributed by atoms with Crippen molar-refractivity contribution in [2.75, 3.05) is 13.6 Å². The Morgan fingerprint density at radius 3 is 2.29 bits per heavy atom. The van der Waals surface area contributed by atoms with Crippen LogP contribution < -0.4 is 10.6 Å². The minimum absolute atomic E-state index is 0.404. The first-order chi connectivity index (χ1) is 6.74. The summed E-state index contributed by atoms with van der Waals surface area (Å²) >= 11 is 0. The third kappa shape index (κ3) is 3.48. The summed E-state index contributed by atoms with van der Waals surface area (Å²) in [7, 11) is 1.98. The van der Waals surface area contributed by atoms with Gasteiger partial charge in [0.25, 0.3) is 0 Å². The minimum atomic E-state index is 0.404. The molecule has 78 valence electrons. The van der Waals surface area contributed by atoms with Gasteiger partial charge in [-0.2, -0.15) is 0 Å². The lowest BCUT2D eigenvalue weighted by Crippen LogP contribution is -2.34. The molecule has 1 aromatic rings. The molecule has 1 atom stereocenters. The van der Waals surface area contributed by atoms with Crippen molar-refractivity contribution in [2.45, 2.75) is 25.9 Å². The second kappa shape index (κ2) is 5.78. The molecule has 0 aliphatic heterocycles. The first-order valence-corrected chi connectivity index (χ1v) is 5.19. The zero-order chi connectivity index (χ0) is 10.4. The van der Waals surface area contributed by atoms with Crippen molar-refractivity contribution in [3.05, 3.63) is 35.9 Å². The van der Waals surface area contributed by atoms with Crippen molar-refractivity contribution >= 4 is 0 Å². The Hall–Kier alpha value is -0.860. The van der Waals surface area contributed by atoms with E-state index in [1.807, 2.05) is 7.05 Å². The average Bonchev–Trinajstić information content (AvgIpc) is 2.18. The quantitative estimate of drug-likeness (QED) is 0.745. The summed E-state index contributed by atoms with van der Waals surface area (Å²) in [5.41, 5.74) is 1.34. The molecule has 0 fully saturated rings. The van der Waals surface area contributed by atoms with Gasteiger partial charge in [-0.15, -0.1) is 0 Å². The van der Waals surface area contributed by atoms with Crippen LogP contribution in [0.3, 0.4) is 0 Å². The summed E-state index contributed by atoms with van der Waals surface area (Å²) in [5, 5.41) is 6.74. The van der Waals surface area contributed by atoms with E-state index in [1.54, 1.807) is 0 Å². The highest BCUT2D eigenvalue weighted by atomic mass is 15.0. The number of likely N-dealkylation sites (N-methyl/N-ethyl adjacent to an activating group) is 1. The Morgan fingerprint density at radius 2 is 1.79 bits per heavy atom. The highest BCUT2D eigenvalue weighted by Gasteiger charge is 2.10. The van der Waals surface area contributed by atoms with Gasteiger partial charge in [0.05, 0.1) is 0 Å². The molecule has 0 saturated carbocycles. The minimum Gasteiger partial charge on any atom is -0.318 e. The zero-order valence-corrected chi connectivity index (χ0v) is 9.25. The molecule has 14 heavy (non-hydrogen) atoms. The molecular weight excluding hydrogens is 172 g/mol. The summed E-state index contributed by atoms with van der Waals surface area (Å²) in [4.78, 5) is 0. The van der Waals surface area contributed by atoms with E-state index >= 15 is 0 Å². The molecule has 2 nitrogen and oxygen atoms in total. The Bertz CT molecular complexity index is 244. The van der Waals surface area contributed by atoms with Gasteiger partial charge in [0.2, 0.25) is 0 Å². The average molecular weight is 192 g/mol. The van der Waals surface area contributed by atoms with E-state index < -0.39 is 0 Å². The molecule has 0 heterocycles. The smallest absolute Gasteiger partial charge is 0.0448 e. The van der Waals surface area contributed by atoms with Crippen molar-refractivity contribution in [1.29, 1.82) is 0 Å². The standard InChI is InChI=1S/C12H20N2/c1-10(2)14-12(9-13-3)11-7-5-4-6-8-11/h4-8,10,12-14H,9H2,1-3H3. The highest BCUT2D eigenvalue weighted by molar-refractivity contribution is 5.19. The molecule has 2 N–H and O–H groups in total. The summed E-state index contributed by atoms with van der Waals surface area (Å²) in [6.07, 6.45) is 0. The van der Waals surface area contributed by atoms with Crippen LogP contribution in [0, 0.1) is 0 Å². The van der Waals surface area contributed by atoms with E-state index in [-0.39, 0.29) is 0 Å². The second-order valence-electron chi connectivity index (χ2n) is 3.84. The van der Waals surface area contributed by atoms with Crippen molar-refractivity contribution < 1.29 is 0 Å². The largest absolute Gasteiger partial charge is 0.318 e. The van der Waals surface area contributed by atoms with Gasteiger partial charge in [-0.1, -0.05) is 44.2 Å². The van der Waals surface area contributed by atoms with Crippen LogP contribution in [-0.2, 0) is 0 Å². The molecule has 1 aromatic carbocycles. The summed E-state index contributed by atoms with van der Waals surface area (Å²) in [6, 6.07) is 11.5. The highest BCUT2D eigenvalue weighted by Crippen LogP contribution is 2.11. The predicted molar refractivity (Wildman–Crippen MR) is 61.4 cm³/mol. The maximum atomic E-state index is 3.53. The third-order valence-electron chi connectivity index (χ3n) is 2.14. The molecular formula is C12H20N2. The SMILES string of the molecule is CNCC(NC(C)C)c1ccccc1. The Labute approximate surface area is 86.7 Å². The van der Waals surface area contributed by atoms with Crippen LogP contribution in [0.5, 0.6) is 0 Å². The molecule has 0 amide bonds. The van der Waals surface area contributed by atoms with Crippen LogP contribution in [0.15, 0.2) is 30.3 Å². The predicted octanol–water partition coefficient (Wildman–Crippen LogP) is 1.95. The molecule has 1 unspecified atom stereocenters. The fourth-order valence-corrected chi connectivity index (χ4v) is 1.56. The van der Waals surface area contributed by atoms with Gasteiger partial charge in [0.15, 0.2) is 0 Å². The van der Waals surface area contributed by atoms with Crippen LogP contribution in [0.4, 0.5) is 0 Å². The first-order valence-electron chi connectivity index (χ1n) is 5.19. The van der Waals surface area contributed by atoms with Crippen LogP contribution in [-0.4, -0.2) is 19.6 Å². The number of nitrogens with one attached hydrogen (secondary N) is 2. The number of hydrogen-bond acceptors (Lipinski definition) is 2. The second-order valence-corrected chi connectivity index (χ2v) is 3.84. The topological polar surface area (TPSA) is 24.1 Å². The molecule has 0 saturated heterocycles. The molecule has 0 bridgehead atoms. The van der Waals surface area contributed by atoms with Crippen molar-refractivity contribution in [2.24, 2.45) is 0 Å². The summed E-state index contributed by atoms with van der Waals surface area (Å²) in [6.45, 7) is 5.30. The number of hydrogen-bond donors (Lipinski definition) is 2. The van der Waals surface area contributed by atoms with Gasteiger partial charge in [0.1, 0.15) is 0 Å². The van der Waals surface area contributed by atoms with E-state index in [9.17, 15) is 0 Å². The van der Waals surface area contributed by atoms with Gasteiger partial charge in [0, 0.05) is 18.6 Å². The summed E-state index contributed by atoms with van der Waals surface area (Å²) < 4.78 is 0. The third-order valence-corrected chi connectivity index (χ3v) is 2.14.